The highest BCUT2D eigenvalue weighted by Crippen LogP contribution is 2.46. The molecule has 0 aromatic carbocycles. The number of methoxy groups -OCH3 is 1. The smallest absolute Gasteiger partial charge is 0.231 e. The molecular weight excluding hydrogens is 204 g/mol. The molecule has 2 rings (SSSR count). The lowest BCUT2D eigenvalue weighted by Gasteiger charge is -2.33. The minimum atomic E-state index is -0.223. The van der Waals surface area contributed by atoms with E-state index in [9.17, 15) is 4.79 Å². The minimum absolute atomic E-state index is 0.223. The zero-order valence-corrected chi connectivity index (χ0v) is 10.0. The molecule has 16 heavy (non-hydrogen) atoms. The normalized spacial score (nSPS) is 32.5. The Labute approximate surface area is 97.1 Å². The predicted molar refractivity (Wildman–Crippen MR) is 61.9 cm³/mol. The van der Waals surface area contributed by atoms with Crippen LogP contribution >= 0.6 is 0 Å². The molecule has 3 unspecified atom stereocenters. The van der Waals surface area contributed by atoms with Gasteiger partial charge >= 0.3 is 0 Å². The highest BCUT2D eigenvalue weighted by Gasteiger charge is 2.42. The summed E-state index contributed by atoms with van der Waals surface area (Å²) in [5.41, 5.74) is 5.31. The maximum absolute atomic E-state index is 11.1. The molecule has 2 saturated carbocycles. The molecule has 1 amide bonds. The third kappa shape index (κ3) is 2.55. The first-order valence-electron chi connectivity index (χ1n) is 6.22. The van der Waals surface area contributed by atoms with Crippen LogP contribution < -0.4 is 5.73 Å². The highest BCUT2D eigenvalue weighted by molar-refractivity contribution is 5.76. The Balaban J connectivity index is 1.92. The molecule has 4 nitrogen and oxygen atoms in total. The molecule has 2 aliphatic rings. The van der Waals surface area contributed by atoms with E-state index < -0.39 is 0 Å². The molecule has 2 fully saturated rings. The fourth-order valence-corrected chi connectivity index (χ4v) is 3.43. The van der Waals surface area contributed by atoms with Crippen LogP contribution in [0.3, 0.4) is 0 Å². The topological polar surface area (TPSA) is 55.6 Å². The summed E-state index contributed by atoms with van der Waals surface area (Å²) in [4.78, 5) is 13.3. The second-order valence-electron chi connectivity index (χ2n) is 5.17. The number of carbonyl (C=O) groups excluding carboxylic acids is 1. The average Bonchev–Trinajstić information content (AvgIpc) is 2.85. The van der Waals surface area contributed by atoms with Gasteiger partial charge < -0.3 is 10.5 Å². The number of hydrogen-bond donors (Lipinski definition) is 1. The Bertz CT molecular complexity index is 257. The van der Waals surface area contributed by atoms with Crippen LogP contribution in [0, 0.1) is 11.8 Å². The number of carbonyl (C=O) groups is 1. The SMILES string of the molecule is COCCN(CC(N)=O)C1CC2CCC1C2. The van der Waals surface area contributed by atoms with Gasteiger partial charge in [0.2, 0.25) is 5.91 Å². The molecule has 0 aromatic heterocycles. The fraction of sp³-hybridized carbons (Fsp3) is 0.917. The van der Waals surface area contributed by atoms with Crippen molar-refractivity contribution in [1.29, 1.82) is 0 Å². The van der Waals surface area contributed by atoms with Crippen LogP contribution in [0.2, 0.25) is 0 Å². The van der Waals surface area contributed by atoms with Crippen molar-refractivity contribution in [2.75, 3.05) is 26.8 Å². The van der Waals surface area contributed by atoms with Gasteiger partial charge in [-0.2, -0.15) is 0 Å². The molecule has 0 spiro atoms. The van der Waals surface area contributed by atoms with Gasteiger partial charge in [0, 0.05) is 19.7 Å². The number of rotatable bonds is 6. The lowest BCUT2D eigenvalue weighted by Crippen LogP contribution is -2.45. The Morgan fingerprint density at radius 1 is 1.44 bits per heavy atom. The van der Waals surface area contributed by atoms with Crippen LogP contribution in [0.5, 0.6) is 0 Å². The number of hydrogen-bond acceptors (Lipinski definition) is 3. The maximum atomic E-state index is 11.1. The number of nitrogens with two attached hydrogens (primary N) is 1. The Hall–Kier alpha value is -0.610. The number of nitrogens with zero attached hydrogens (tertiary/aromatic N) is 1. The van der Waals surface area contributed by atoms with E-state index in [1.165, 1.54) is 25.7 Å². The summed E-state index contributed by atoms with van der Waals surface area (Å²) in [5.74, 6) is 1.47. The van der Waals surface area contributed by atoms with E-state index in [1.807, 2.05) is 0 Å². The van der Waals surface area contributed by atoms with Crippen molar-refractivity contribution in [1.82, 2.24) is 4.90 Å². The van der Waals surface area contributed by atoms with E-state index in [-0.39, 0.29) is 5.91 Å². The van der Waals surface area contributed by atoms with Gasteiger partial charge in [0.05, 0.1) is 13.2 Å². The van der Waals surface area contributed by atoms with E-state index in [0.717, 1.165) is 18.4 Å². The molecule has 0 aliphatic heterocycles. The van der Waals surface area contributed by atoms with Gasteiger partial charge in [-0.15, -0.1) is 0 Å². The van der Waals surface area contributed by atoms with Crippen molar-refractivity contribution < 1.29 is 9.53 Å². The summed E-state index contributed by atoms with van der Waals surface area (Å²) in [5, 5.41) is 0. The first-order chi connectivity index (χ1) is 7.70. The second kappa shape index (κ2) is 5.15. The molecule has 0 heterocycles. The van der Waals surface area contributed by atoms with Crippen LogP contribution in [0.4, 0.5) is 0 Å². The van der Waals surface area contributed by atoms with E-state index in [1.54, 1.807) is 7.11 Å². The van der Waals surface area contributed by atoms with E-state index in [4.69, 9.17) is 10.5 Å². The first kappa shape index (κ1) is 11.9. The predicted octanol–water partition coefficient (Wildman–Crippen LogP) is 0.609. The van der Waals surface area contributed by atoms with Gasteiger partial charge in [-0.25, -0.2) is 0 Å². The zero-order chi connectivity index (χ0) is 11.5. The Morgan fingerprint density at radius 2 is 2.25 bits per heavy atom. The summed E-state index contributed by atoms with van der Waals surface area (Å²) in [6.07, 6.45) is 5.32. The van der Waals surface area contributed by atoms with Crippen molar-refractivity contribution >= 4 is 5.91 Å². The summed E-state index contributed by atoms with van der Waals surface area (Å²) in [6.45, 7) is 1.89. The second-order valence-corrected chi connectivity index (χ2v) is 5.17. The van der Waals surface area contributed by atoms with Crippen molar-refractivity contribution in [3.8, 4) is 0 Å². The number of amides is 1. The Kier molecular flexibility index (Phi) is 3.82. The maximum Gasteiger partial charge on any atom is 0.231 e. The standard InChI is InChI=1S/C12H22N2O2/c1-16-5-4-14(8-12(13)15)11-7-9-2-3-10(11)6-9/h9-11H,2-8H2,1H3,(H2,13,15). The van der Waals surface area contributed by atoms with Gasteiger partial charge in [-0.1, -0.05) is 6.42 Å². The van der Waals surface area contributed by atoms with Gasteiger partial charge in [-0.3, -0.25) is 9.69 Å². The molecule has 3 atom stereocenters. The van der Waals surface area contributed by atoms with Crippen molar-refractivity contribution in [3.05, 3.63) is 0 Å². The molecule has 2 aliphatic carbocycles. The largest absolute Gasteiger partial charge is 0.383 e. The number of ether oxygens (including phenoxy) is 1. The number of primary amides is 1. The molecule has 0 saturated heterocycles. The van der Waals surface area contributed by atoms with Crippen LogP contribution in [-0.4, -0.2) is 43.7 Å². The molecule has 2 N–H and O–H groups in total. The van der Waals surface area contributed by atoms with Gasteiger partial charge in [0.15, 0.2) is 0 Å². The summed E-state index contributed by atoms with van der Waals surface area (Å²) < 4.78 is 5.10. The lowest BCUT2D eigenvalue weighted by molar-refractivity contribution is -0.120. The van der Waals surface area contributed by atoms with Gasteiger partial charge in [-0.05, 0) is 31.1 Å². The first-order valence-corrected chi connectivity index (χ1v) is 6.22. The zero-order valence-electron chi connectivity index (χ0n) is 10.0. The molecule has 2 bridgehead atoms. The number of fused-ring (bicyclic) bond motifs is 2. The molecular formula is C12H22N2O2. The molecule has 0 radical (unpaired) electrons. The fourth-order valence-electron chi connectivity index (χ4n) is 3.43. The van der Waals surface area contributed by atoms with Crippen molar-refractivity contribution in [3.63, 3.8) is 0 Å². The van der Waals surface area contributed by atoms with Gasteiger partial charge in [0.1, 0.15) is 0 Å². The van der Waals surface area contributed by atoms with Crippen LogP contribution in [-0.2, 0) is 9.53 Å². The third-order valence-corrected chi connectivity index (χ3v) is 4.11. The molecule has 0 aromatic rings. The lowest BCUT2D eigenvalue weighted by atomic mass is 9.94. The monoisotopic (exact) mass is 226 g/mol. The van der Waals surface area contributed by atoms with Crippen molar-refractivity contribution in [2.45, 2.75) is 31.7 Å². The summed E-state index contributed by atoms with van der Waals surface area (Å²) in [7, 11) is 1.70. The molecule has 92 valence electrons. The highest BCUT2D eigenvalue weighted by atomic mass is 16.5. The van der Waals surface area contributed by atoms with Crippen LogP contribution in [0.15, 0.2) is 0 Å². The minimum Gasteiger partial charge on any atom is -0.383 e. The van der Waals surface area contributed by atoms with E-state index >= 15 is 0 Å². The quantitative estimate of drug-likeness (QED) is 0.722. The third-order valence-electron chi connectivity index (χ3n) is 4.11. The van der Waals surface area contributed by atoms with Crippen molar-refractivity contribution in [2.24, 2.45) is 17.6 Å². The van der Waals surface area contributed by atoms with Crippen LogP contribution in [0.1, 0.15) is 25.7 Å². The van der Waals surface area contributed by atoms with E-state index in [2.05, 4.69) is 4.90 Å². The summed E-state index contributed by atoms with van der Waals surface area (Å²) in [6, 6.07) is 0.571. The molecule has 4 heteroatoms. The summed E-state index contributed by atoms with van der Waals surface area (Å²) >= 11 is 0. The van der Waals surface area contributed by atoms with E-state index in [0.29, 0.717) is 19.2 Å². The average molecular weight is 226 g/mol. The Morgan fingerprint density at radius 3 is 2.75 bits per heavy atom. The van der Waals surface area contributed by atoms with Gasteiger partial charge in [0.25, 0.3) is 0 Å². The van der Waals surface area contributed by atoms with Crippen LogP contribution in [0.25, 0.3) is 0 Å².